The van der Waals surface area contributed by atoms with Crippen LogP contribution in [0.3, 0.4) is 0 Å². The van der Waals surface area contributed by atoms with Crippen molar-refractivity contribution in [1.29, 1.82) is 0 Å². The Morgan fingerprint density at radius 1 is 0.443 bits per heavy atom. The summed E-state index contributed by atoms with van der Waals surface area (Å²) in [5.41, 5.74) is 9.82. The Morgan fingerprint density at radius 2 is 0.943 bits per heavy atom. The average molecular weight is 1070 g/mol. The number of unbranched alkanes of at least 4 members (excludes halogenated alkanes) is 8. The second kappa shape index (κ2) is 23.0. The van der Waals surface area contributed by atoms with Crippen molar-refractivity contribution < 1.29 is 0 Å². The molecule has 362 valence electrons. The summed E-state index contributed by atoms with van der Waals surface area (Å²) < 4.78 is 11.4. The van der Waals surface area contributed by atoms with E-state index >= 15 is 0 Å². The van der Waals surface area contributed by atoms with E-state index in [1.807, 2.05) is 68.0 Å². The maximum atomic E-state index is 4.82. The molecule has 0 N–H and O–H groups in total. The fourth-order valence-electron chi connectivity index (χ4n) is 9.70. The molecule has 0 aliphatic carbocycles. The molecule has 2 aromatic carbocycles. The van der Waals surface area contributed by atoms with E-state index in [9.17, 15) is 0 Å². The van der Waals surface area contributed by atoms with Crippen LogP contribution in [0.15, 0.2) is 84.9 Å². The largest absolute Gasteiger partial charge is 0.141 e. The molecule has 1 unspecified atom stereocenters. The molecule has 0 amide bonds. The van der Waals surface area contributed by atoms with Gasteiger partial charge in [-0.1, -0.05) is 132 Å². The Hall–Kier alpha value is -3.72. The van der Waals surface area contributed by atoms with Gasteiger partial charge in [0, 0.05) is 80.8 Å². The van der Waals surface area contributed by atoms with Crippen LogP contribution < -0.4 is 0 Å². The van der Waals surface area contributed by atoms with Crippen LogP contribution in [0.2, 0.25) is 0 Å². The van der Waals surface area contributed by atoms with Gasteiger partial charge >= 0.3 is 0 Å². The lowest BCUT2D eigenvalue weighted by Gasteiger charge is -2.11. The van der Waals surface area contributed by atoms with Crippen LogP contribution in [0.1, 0.15) is 126 Å². The van der Waals surface area contributed by atoms with Crippen LogP contribution in [-0.4, -0.2) is 19.2 Å². The summed E-state index contributed by atoms with van der Waals surface area (Å²) in [6.45, 7) is 13.9. The summed E-state index contributed by atoms with van der Waals surface area (Å²) in [6, 6.07) is 32.7. The van der Waals surface area contributed by atoms with Gasteiger partial charge in [-0.25, -0.2) is 0 Å². The highest BCUT2D eigenvalue weighted by molar-refractivity contribution is 7.29. The molecule has 8 heterocycles. The Kier molecular flexibility index (Phi) is 16.4. The Morgan fingerprint density at radius 3 is 1.51 bits per heavy atom. The van der Waals surface area contributed by atoms with Gasteiger partial charge in [0.25, 0.3) is 0 Å². The highest BCUT2D eigenvalue weighted by atomic mass is 32.1. The molecule has 10 rings (SSSR count). The summed E-state index contributed by atoms with van der Waals surface area (Å²) in [5, 5.41) is 9.53. The Bertz CT molecular complexity index is 3300. The maximum absolute atomic E-state index is 4.82. The first kappa shape index (κ1) is 49.8. The van der Waals surface area contributed by atoms with E-state index in [4.69, 9.17) is 10.2 Å². The van der Waals surface area contributed by atoms with Crippen molar-refractivity contribution in [3.63, 3.8) is 0 Å². The lowest BCUT2D eigenvalue weighted by Crippen LogP contribution is -2.00. The Balaban J connectivity index is 0.945. The number of aryl methyl sites for hydroxylation is 2. The van der Waals surface area contributed by atoms with E-state index in [0.717, 1.165) is 23.9 Å². The summed E-state index contributed by atoms with van der Waals surface area (Å²) >= 11 is 14.6. The molecule has 10 aromatic rings. The van der Waals surface area contributed by atoms with E-state index in [-0.39, 0.29) is 0 Å². The fourth-order valence-corrected chi connectivity index (χ4v) is 18.1. The number of fused-ring (bicyclic) bond motifs is 2. The number of hydrogen-bond acceptors (Lipinski definition) is 12. The average Bonchev–Trinajstić information content (AvgIpc) is 4.19. The zero-order chi connectivity index (χ0) is 48.1. The van der Waals surface area contributed by atoms with E-state index in [1.54, 1.807) is 11.5 Å². The minimum Gasteiger partial charge on any atom is -0.141 e. The van der Waals surface area contributed by atoms with Crippen LogP contribution in [0.4, 0.5) is 0 Å². The molecule has 0 bridgehead atoms. The maximum Gasteiger partial charge on any atom is 0.115 e. The normalized spacial score (nSPS) is 12.4. The molecule has 70 heavy (non-hydrogen) atoms. The first-order valence-corrected chi connectivity index (χ1v) is 31.8. The van der Waals surface area contributed by atoms with Crippen molar-refractivity contribution in [2.45, 2.75) is 131 Å². The number of rotatable bonds is 23. The zero-order valence-electron chi connectivity index (χ0n) is 41.2. The molecule has 1 atom stereocenters. The molecule has 0 aliphatic rings. The predicted molar refractivity (Wildman–Crippen MR) is 316 cm³/mol. The van der Waals surface area contributed by atoms with Gasteiger partial charge in [0.1, 0.15) is 11.0 Å². The quantitative estimate of drug-likeness (QED) is 0.0599. The summed E-state index contributed by atoms with van der Waals surface area (Å²) in [4.78, 5) is 16.1. The first-order valence-electron chi connectivity index (χ1n) is 25.4. The smallest absolute Gasteiger partial charge is 0.115 e. The van der Waals surface area contributed by atoms with Gasteiger partial charge in [-0.05, 0) is 139 Å². The van der Waals surface area contributed by atoms with Gasteiger partial charge in [0.15, 0.2) is 0 Å². The van der Waals surface area contributed by atoms with Crippen LogP contribution in [0, 0.1) is 18.8 Å². The highest BCUT2D eigenvalue weighted by Crippen LogP contribution is 2.50. The van der Waals surface area contributed by atoms with Crippen molar-refractivity contribution in [2.75, 3.05) is 0 Å². The SMILES string of the molecule is CCCCCCCCC(C)Cc1cc(-c2ccc(-c3ccc(CCCCCC)s3)c3snnc23)sc1-c1ccc(-c2ccc(-c3sc(-c4ccc(-c5ccc(C)s5)c5snnc45)cc3CC(C)C)s2)s1. The molecule has 0 fully saturated rings. The van der Waals surface area contributed by atoms with Gasteiger partial charge in [-0.15, -0.1) is 78.2 Å². The van der Waals surface area contributed by atoms with Crippen molar-refractivity contribution in [1.82, 2.24) is 19.2 Å². The van der Waals surface area contributed by atoms with Gasteiger partial charge < -0.3 is 0 Å². The van der Waals surface area contributed by atoms with Crippen LogP contribution in [0.25, 0.3) is 91.5 Å². The van der Waals surface area contributed by atoms with Gasteiger partial charge in [-0.3, -0.25) is 0 Å². The van der Waals surface area contributed by atoms with Crippen LogP contribution in [-0.2, 0) is 19.3 Å². The minimum atomic E-state index is 0.546. The molecular formula is C58H62N4S8. The highest BCUT2D eigenvalue weighted by Gasteiger charge is 2.23. The van der Waals surface area contributed by atoms with Crippen LogP contribution >= 0.6 is 91.1 Å². The molecule has 12 heteroatoms. The second-order valence-corrected chi connectivity index (χ2v) is 27.7. The molecule has 0 spiro atoms. The van der Waals surface area contributed by atoms with E-state index in [0.29, 0.717) is 11.8 Å². The van der Waals surface area contributed by atoms with Crippen LogP contribution in [0.5, 0.6) is 0 Å². The monoisotopic (exact) mass is 1070 g/mol. The summed E-state index contributed by atoms with van der Waals surface area (Å²) in [7, 11) is 0. The molecule has 0 saturated heterocycles. The van der Waals surface area contributed by atoms with Crippen molar-refractivity contribution in [3.8, 4) is 71.0 Å². The van der Waals surface area contributed by atoms with Crippen molar-refractivity contribution in [3.05, 3.63) is 106 Å². The van der Waals surface area contributed by atoms with Crippen molar-refractivity contribution in [2.24, 2.45) is 11.8 Å². The topological polar surface area (TPSA) is 51.6 Å². The van der Waals surface area contributed by atoms with E-state index < -0.39 is 0 Å². The molecule has 4 nitrogen and oxygen atoms in total. The number of hydrogen-bond donors (Lipinski definition) is 0. The van der Waals surface area contributed by atoms with E-state index in [2.05, 4.69) is 135 Å². The number of nitrogens with zero attached hydrogens (tertiary/aromatic N) is 4. The van der Waals surface area contributed by atoms with Gasteiger partial charge in [0.05, 0.1) is 9.40 Å². The lowest BCUT2D eigenvalue weighted by atomic mass is 9.94. The number of thiophene rings is 6. The van der Waals surface area contributed by atoms with Crippen molar-refractivity contribution >= 4 is 112 Å². The first-order chi connectivity index (χ1) is 34.2. The fraction of sp³-hybridized carbons (Fsp3) is 0.379. The summed E-state index contributed by atoms with van der Waals surface area (Å²) in [6.07, 6.45) is 17.8. The molecular weight excluding hydrogens is 1010 g/mol. The van der Waals surface area contributed by atoms with Gasteiger partial charge in [0.2, 0.25) is 0 Å². The third-order valence-corrected chi connectivity index (χ3v) is 22.2. The Labute approximate surface area is 446 Å². The number of aromatic nitrogens is 4. The van der Waals surface area contributed by atoms with E-state index in [1.165, 1.54) is 190 Å². The lowest BCUT2D eigenvalue weighted by molar-refractivity contribution is 0.482. The third-order valence-electron chi connectivity index (χ3n) is 13.3. The molecule has 0 saturated carbocycles. The van der Waals surface area contributed by atoms with Gasteiger partial charge in [-0.2, -0.15) is 0 Å². The predicted octanol–water partition coefficient (Wildman–Crippen LogP) is 21.3. The minimum absolute atomic E-state index is 0.546. The number of benzene rings is 2. The molecule has 0 aliphatic heterocycles. The zero-order valence-corrected chi connectivity index (χ0v) is 47.7. The molecule has 8 aromatic heterocycles. The standard InChI is InChI=1S/C58H62N4S8/c1-7-9-11-13-14-15-17-36(5)32-39-34-52(42-22-24-44(58-54(42)60-62-70-58)46-26-20-40(64-46)18-16-12-10-8-2)68-56(39)50-30-28-48(66-50)47-27-29-49(65-47)55-38(31-35(3)4)33-51(67-55)41-21-23-43(45-25-19-37(6)63-45)57-53(41)59-61-69-57/h19-30,33-36H,7-18,31-32H2,1-6H3. The molecule has 0 radical (unpaired) electrons. The summed E-state index contributed by atoms with van der Waals surface area (Å²) in [5.74, 6) is 1.16. The second-order valence-electron chi connectivity index (χ2n) is 19.4. The third kappa shape index (κ3) is 11.1.